The van der Waals surface area contributed by atoms with E-state index in [4.69, 9.17) is 71.1 Å². The molecule has 5 amide bonds. The summed E-state index contributed by atoms with van der Waals surface area (Å²) < 4.78 is 89.9. The molecule has 8 fully saturated rings. The van der Waals surface area contributed by atoms with Crippen molar-refractivity contribution < 1.29 is 202 Å². The van der Waals surface area contributed by atoms with Crippen LogP contribution in [0.4, 0.5) is 0 Å². The first-order chi connectivity index (χ1) is 49.2. The van der Waals surface area contributed by atoms with Crippen LogP contribution in [-0.2, 0) is 95.0 Å². The van der Waals surface area contributed by atoms with E-state index in [-0.39, 0.29) is 0 Å². The van der Waals surface area contributed by atoms with Crippen molar-refractivity contribution in [1.82, 2.24) is 26.6 Å². The summed E-state index contributed by atoms with van der Waals surface area (Å²) in [6, 6.07) is -8.89. The van der Waals surface area contributed by atoms with Crippen LogP contribution in [0.15, 0.2) is 0 Å². The lowest BCUT2D eigenvalue weighted by Crippen LogP contribution is -2.71. The van der Waals surface area contributed by atoms with Crippen LogP contribution in [0.5, 0.6) is 0 Å². The average molecular weight is 1520 g/mol. The van der Waals surface area contributed by atoms with E-state index in [1.165, 1.54) is 0 Å². The number of ether oxygens (including phenoxy) is 15. The van der Waals surface area contributed by atoms with Crippen LogP contribution in [0.3, 0.4) is 0 Å². The summed E-state index contributed by atoms with van der Waals surface area (Å²) in [6.07, 6.45) is -72.3. The molecule has 0 unspecified atom stereocenters. The molecule has 0 radical (unpaired) electrons. The van der Waals surface area contributed by atoms with Crippen LogP contribution in [0, 0.1) is 0 Å². The van der Waals surface area contributed by atoms with Crippen molar-refractivity contribution >= 4 is 29.5 Å². The van der Waals surface area contributed by atoms with E-state index in [9.17, 15) is 131 Å². The quantitative estimate of drug-likeness (QED) is 0.0363. The number of rotatable bonds is 27. The molecule has 0 saturated carbocycles. The van der Waals surface area contributed by atoms with Gasteiger partial charge in [0.25, 0.3) is 0 Å². The molecular weight excluding hydrogens is 1420 g/mol. The van der Waals surface area contributed by atoms with Gasteiger partial charge in [-0.15, -0.1) is 0 Å². The molecule has 0 aliphatic carbocycles. The zero-order valence-corrected chi connectivity index (χ0v) is 56.3. The summed E-state index contributed by atoms with van der Waals surface area (Å²) in [4.78, 5) is 62.7. The number of aliphatic hydroxyl groups excluding tert-OH is 21. The fourth-order valence-corrected chi connectivity index (χ4v) is 13.4. The Kier molecular flexibility index (Phi) is 30.9. The lowest BCUT2D eigenvalue weighted by Gasteiger charge is -2.51. The zero-order valence-electron chi connectivity index (χ0n) is 56.3. The van der Waals surface area contributed by atoms with Crippen LogP contribution >= 0.6 is 0 Å². The van der Waals surface area contributed by atoms with Gasteiger partial charge in [0.05, 0.1) is 52.9 Å². The van der Waals surface area contributed by atoms with Crippen molar-refractivity contribution in [2.45, 2.75) is 280 Å². The SMILES string of the molecule is CC(=O)N[C@@H]1[C@@H](O[C@H]2[C@H](OC[C@H]3O[C@@H](O[C@H]4[C@H](O)[C@@H](NC(C)=O)[C@H](O[C@@H]5[C@@H](O)[C@H](NC(C)=O)[C@@H](O)O[C@H]5CO)O[C@@H]4CO)[C@@H](O)[C@@H](O[C@H]4O[C@H](CO)[C@@H](O[C@H]5O[C@@H](CO)[C@H](O)[C@@H](O)[C@@H]5NC(C)=O)[C@H](O)[C@@H]4O[C@@H]4O[C@H](CO)[C@@H](O)[C@H](O)[C@H]4NC(C)=O)[C@@H]3O)O[C@@H](CO)[C@H](O)[C@H]2O)O[C@@H](CO)[C@H](O)[C@H]1O. The van der Waals surface area contributed by atoms with E-state index in [0.717, 1.165) is 34.6 Å². The first kappa shape index (κ1) is 85.5. The zero-order chi connectivity index (χ0) is 76.8. The number of nitrogens with one attached hydrogen (secondary N) is 5. The van der Waals surface area contributed by atoms with E-state index in [1.54, 1.807) is 0 Å². The molecule has 46 nitrogen and oxygen atoms in total. The summed E-state index contributed by atoms with van der Waals surface area (Å²) in [5, 5.41) is 246. The summed E-state index contributed by atoms with van der Waals surface area (Å²) in [6.45, 7) is -3.74. The number of hydrogen-bond donors (Lipinski definition) is 26. The van der Waals surface area contributed by atoms with Crippen LogP contribution in [-0.4, -0.2) is 435 Å². The Bertz CT molecular complexity index is 2770. The Morgan fingerprint density at radius 1 is 0.250 bits per heavy atom. The molecule has 0 bridgehead atoms. The largest absolute Gasteiger partial charge is 0.394 e. The lowest BCUT2D eigenvalue weighted by molar-refractivity contribution is -0.403. The summed E-state index contributed by atoms with van der Waals surface area (Å²) >= 11 is 0. The van der Waals surface area contributed by atoms with Gasteiger partial charge in [0.1, 0.15) is 195 Å². The predicted octanol–water partition coefficient (Wildman–Crippen LogP) is -17.7. The third-order valence-electron chi connectivity index (χ3n) is 18.7. The standard InChI is InChI=1S/C58H97N5O41/c1-14(71)59-27-40(84)45(23(10-68)91-51(27)89)99-55-31(63-18(5)75)41(85)46(24(11-69)96-55)101-56-44(88)48(36(80)26(98-56)13-90-57-49(42(86)35(79)22(9-67)95-57)103-53-29(61-16(3)73)38(82)33(77)20(7-65)93-53)102-58-50(104-54-30(62-17(4)74)39(83)34(78)21(8-66)94-54)43(87)47(25(12-70)97-58)100-52-28(60-15(2)72)37(81)32(76)19(6-64)92-52/h19-58,64-70,76-89H,6-13H2,1-5H3,(H,59,71)(H,60,72)(H,61,73)(H,62,74)(H,63,75)/t19-,20-,21+,22-,23-,24+,25+,26+,27-,28-,29-,30+,31+,32-,33-,34+,35-,36+,37-,38-,39+,40-,41+,42+,43-,44-,45-,46+,47+,48-,49+,50-,51-,52+,53+,54-,55-,56-,57+,58+/m0/s1. The number of carbonyl (C=O) groups excluding carboxylic acids is 5. The van der Waals surface area contributed by atoms with Gasteiger partial charge >= 0.3 is 0 Å². The van der Waals surface area contributed by atoms with E-state index in [0.29, 0.717) is 0 Å². The van der Waals surface area contributed by atoms with Gasteiger partial charge in [-0.1, -0.05) is 0 Å². The van der Waals surface area contributed by atoms with Crippen LogP contribution in [0.1, 0.15) is 34.6 Å². The van der Waals surface area contributed by atoms with Crippen LogP contribution < -0.4 is 26.6 Å². The average Bonchev–Trinajstić information content (AvgIpc) is 0.771. The smallest absolute Gasteiger partial charge is 0.217 e. The van der Waals surface area contributed by atoms with Crippen molar-refractivity contribution in [3.8, 4) is 0 Å². The van der Waals surface area contributed by atoms with Crippen molar-refractivity contribution in [2.75, 3.05) is 52.9 Å². The molecule has 8 saturated heterocycles. The van der Waals surface area contributed by atoms with E-state index in [1.807, 2.05) is 0 Å². The normalized spacial score (nSPS) is 47.2. The molecule has 600 valence electrons. The van der Waals surface area contributed by atoms with Gasteiger partial charge in [0, 0.05) is 34.6 Å². The number of aliphatic hydroxyl groups is 21. The third-order valence-corrected chi connectivity index (χ3v) is 18.7. The van der Waals surface area contributed by atoms with Crippen molar-refractivity contribution in [3.63, 3.8) is 0 Å². The van der Waals surface area contributed by atoms with E-state index < -0.39 is 328 Å². The van der Waals surface area contributed by atoms with Gasteiger partial charge < -0.3 is 205 Å². The van der Waals surface area contributed by atoms with Gasteiger partial charge in [-0.05, 0) is 0 Å². The lowest BCUT2D eigenvalue weighted by atomic mass is 9.93. The Hall–Kier alpha value is -4.09. The minimum atomic E-state index is -2.57. The molecule has 26 N–H and O–H groups in total. The van der Waals surface area contributed by atoms with Gasteiger partial charge in [-0.3, -0.25) is 24.0 Å². The molecule has 104 heavy (non-hydrogen) atoms. The maximum atomic E-state index is 13.0. The molecule has 8 aliphatic rings. The second-order valence-electron chi connectivity index (χ2n) is 26.1. The highest BCUT2D eigenvalue weighted by Gasteiger charge is 2.61. The Morgan fingerprint density at radius 2 is 0.519 bits per heavy atom. The predicted molar refractivity (Wildman–Crippen MR) is 322 cm³/mol. The molecule has 8 rings (SSSR count). The number of amides is 5. The van der Waals surface area contributed by atoms with Gasteiger partial charge in [0.15, 0.2) is 50.3 Å². The minimum Gasteiger partial charge on any atom is -0.394 e. The number of hydrogen-bond acceptors (Lipinski definition) is 41. The Morgan fingerprint density at radius 3 is 0.904 bits per heavy atom. The molecule has 0 aromatic carbocycles. The molecule has 8 heterocycles. The van der Waals surface area contributed by atoms with Crippen LogP contribution in [0.2, 0.25) is 0 Å². The van der Waals surface area contributed by atoms with E-state index in [2.05, 4.69) is 26.6 Å². The van der Waals surface area contributed by atoms with Gasteiger partial charge in [0.2, 0.25) is 29.5 Å². The number of carbonyl (C=O) groups is 5. The molecule has 0 aromatic heterocycles. The third kappa shape index (κ3) is 19.2. The molecule has 8 aliphatic heterocycles. The first-order valence-electron chi connectivity index (χ1n) is 33.1. The van der Waals surface area contributed by atoms with Crippen molar-refractivity contribution in [1.29, 1.82) is 0 Å². The van der Waals surface area contributed by atoms with E-state index >= 15 is 0 Å². The highest BCUT2D eigenvalue weighted by molar-refractivity contribution is 5.75. The van der Waals surface area contributed by atoms with Crippen molar-refractivity contribution in [3.05, 3.63) is 0 Å². The maximum Gasteiger partial charge on any atom is 0.217 e. The maximum absolute atomic E-state index is 13.0. The topological polar surface area (TPSA) is 709 Å². The summed E-state index contributed by atoms with van der Waals surface area (Å²) in [5.41, 5.74) is 0. The molecule has 46 heteroatoms. The fraction of sp³-hybridized carbons (Fsp3) is 0.914. The van der Waals surface area contributed by atoms with Gasteiger partial charge in [-0.25, -0.2) is 0 Å². The first-order valence-corrected chi connectivity index (χ1v) is 33.1. The fourth-order valence-electron chi connectivity index (χ4n) is 13.4. The van der Waals surface area contributed by atoms with Gasteiger partial charge in [-0.2, -0.15) is 0 Å². The summed E-state index contributed by atoms with van der Waals surface area (Å²) in [5.74, 6) is -4.30. The molecular formula is C58H97N5O41. The second kappa shape index (κ2) is 37.5. The monoisotopic (exact) mass is 1520 g/mol. The Labute approximate surface area is 589 Å². The Balaban J connectivity index is 1.20. The molecule has 0 aromatic rings. The highest BCUT2D eigenvalue weighted by Crippen LogP contribution is 2.39. The van der Waals surface area contributed by atoms with Crippen LogP contribution in [0.25, 0.3) is 0 Å². The minimum absolute atomic E-state index is 0.777. The summed E-state index contributed by atoms with van der Waals surface area (Å²) in [7, 11) is 0. The van der Waals surface area contributed by atoms with Crippen molar-refractivity contribution in [2.24, 2.45) is 0 Å². The highest BCUT2D eigenvalue weighted by atomic mass is 16.8. The second-order valence-corrected chi connectivity index (χ2v) is 26.1. The molecule has 0 spiro atoms. The molecule has 40 atom stereocenters.